The number of rotatable bonds is 1. The van der Waals surface area contributed by atoms with E-state index in [1.807, 2.05) is 0 Å². The van der Waals surface area contributed by atoms with Crippen LogP contribution in [0.2, 0.25) is 0 Å². The Bertz CT molecular complexity index is 705. The molecule has 0 unspecified atom stereocenters. The minimum Gasteiger partial charge on any atom is -0.464 e. The number of carbonyl (C=O) groups is 3. The van der Waals surface area contributed by atoms with Gasteiger partial charge in [0.25, 0.3) is 0 Å². The topological polar surface area (TPSA) is 135 Å². The molecular weight excluding hydrogens is 332 g/mol. The number of carboxylic acid groups (broad SMARTS) is 1. The normalized spacial score (nSPS) is 11.4. The fourth-order valence-electron chi connectivity index (χ4n) is 1.61. The van der Waals surface area contributed by atoms with Crippen LogP contribution in [0.25, 0.3) is 0 Å². The maximum Gasteiger partial charge on any atom is 0.425 e. The number of imide groups is 1. The van der Waals surface area contributed by atoms with E-state index in [9.17, 15) is 19.6 Å². The maximum atomic E-state index is 12.4. The molecular formula is C15H20N4O6. The largest absolute Gasteiger partial charge is 0.464 e. The highest BCUT2D eigenvalue weighted by Gasteiger charge is 2.36. The number of nitrogens with zero attached hydrogens (tertiary/aromatic N) is 4. The molecule has 2 amide bonds. The van der Waals surface area contributed by atoms with Gasteiger partial charge < -0.3 is 14.6 Å². The van der Waals surface area contributed by atoms with E-state index in [0.717, 1.165) is 6.33 Å². The van der Waals surface area contributed by atoms with Crippen LogP contribution in [0.4, 0.5) is 20.2 Å². The molecule has 0 bridgehead atoms. The van der Waals surface area contributed by atoms with Gasteiger partial charge >= 0.3 is 18.3 Å². The molecule has 0 aliphatic carbocycles. The molecule has 0 saturated carbocycles. The van der Waals surface area contributed by atoms with E-state index in [1.54, 1.807) is 47.6 Å². The Hall–Kier alpha value is -3.09. The van der Waals surface area contributed by atoms with Crippen LogP contribution < -0.4 is 4.90 Å². The highest BCUT2D eigenvalue weighted by atomic mass is 16.6. The van der Waals surface area contributed by atoms with Gasteiger partial charge in [-0.3, -0.25) is 0 Å². The van der Waals surface area contributed by atoms with Crippen LogP contribution in [0.3, 0.4) is 0 Å². The molecule has 1 N–H and O–H groups in total. The van der Waals surface area contributed by atoms with Crippen molar-refractivity contribution in [3.63, 3.8) is 0 Å². The van der Waals surface area contributed by atoms with Crippen molar-refractivity contribution < 1.29 is 29.0 Å². The maximum absolute atomic E-state index is 12.4. The standard InChI is InChI=1S/C15H20N4O6/c1-14(2,3)24-12(22)19(13(23)25-15(4,5)6)10-9(7-16)18(8-17-10)11(20)21/h8H,1-6H3,(H,20,21). The summed E-state index contributed by atoms with van der Waals surface area (Å²) in [6, 6.07) is 1.60. The van der Waals surface area contributed by atoms with Crippen molar-refractivity contribution in [1.29, 1.82) is 5.26 Å². The zero-order chi connectivity index (χ0) is 19.6. The number of imidazole rings is 1. The third kappa shape index (κ3) is 5.20. The lowest BCUT2D eigenvalue weighted by molar-refractivity contribution is 0.0428. The third-order valence-corrected chi connectivity index (χ3v) is 2.42. The third-order valence-electron chi connectivity index (χ3n) is 2.42. The molecule has 0 spiro atoms. The van der Waals surface area contributed by atoms with E-state index in [-0.39, 0.29) is 0 Å². The molecule has 1 rings (SSSR count). The number of hydrogen-bond donors (Lipinski definition) is 1. The second-order valence-corrected chi connectivity index (χ2v) is 6.98. The zero-order valence-electron chi connectivity index (χ0n) is 14.9. The Balaban J connectivity index is 3.42. The predicted octanol–water partition coefficient (Wildman–Crippen LogP) is 2.96. The first-order valence-electron chi connectivity index (χ1n) is 7.23. The number of anilines is 1. The first-order valence-corrected chi connectivity index (χ1v) is 7.23. The number of carbonyl (C=O) groups excluding carboxylic acids is 2. The van der Waals surface area contributed by atoms with Crippen molar-refractivity contribution in [3.05, 3.63) is 12.0 Å². The number of ether oxygens (including phenoxy) is 2. The van der Waals surface area contributed by atoms with Gasteiger partial charge in [-0.1, -0.05) is 0 Å². The summed E-state index contributed by atoms with van der Waals surface area (Å²) in [6.45, 7) is 9.50. The van der Waals surface area contributed by atoms with Gasteiger partial charge in [0, 0.05) is 0 Å². The summed E-state index contributed by atoms with van der Waals surface area (Å²) < 4.78 is 10.8. The van der Waals surface area contributed by atoms with Crippen LogP contribution in [0.5, 0.6) is 0 Å². The van der Waals surface area contributed by atoms with Crippen LogP contribution in [-0.2, 0) is 9.47 Å². The number of aromatic nitrogens is 2. The Morgan fingerprint density at radius 1 is 1.12 bits per heavy atom. The van der Waals surface area contributed by atoms with E-state index in [2.05, 4.69) is 4.98 Å². The molecule has 136 valence electrons. The Kier molecular flexibility index (Phi) is 5.43. The van der Waals surface area contributed by atoms with Crippen molar-refractivity contribution in [2.24, 2.45) is 0 Å². The second-order valence-electron chi connectivity index (χ2n) is 6.98. The van der Waals surface area contributed by atoms with Gasteiger partial charge in [-0.25, -0.2) is 23.9 Å². The molecule has 25 heavy (non-hydrogen) atoms. The molecule has 0 radical (unpaired) electrons. The van der Waals surface area contributed by atoms with Gasteiger partial charge in [-0.05, 0) is 41.5 Å². The summed E-state index contributed by atoms with van der Waals surface area (Å²) in [7, 11) is 0. The molecule has 0 aliphatic rings. The molecule has 1 heterocycles. The minimum absolute atomic E-state index is 0.397. The monoisotopic (exact) mass is 352 g/mol. The van der Waals surface area contributed by atoms with E-state index in [4.69, 9.17) is 14.6 Å². The van der Waals surface area contributed by atoms with E-state index in [1.165, 1.54) is 0 Å². The first-order chi connectivity index (χ1) is 11.3. The summed E-state index contributed by atoms with van der Waals surface area (Å²) in [5.74, 6) is -0.492. The van der Waals surface area contributed by atoms with Crippen LogP contribution >= 0.6 is 0 Å². The summed E-state index contributed by atoms with van der Waals surface area (Å²) in [5.41, 5.74) is -2.41. The van der Waals surface area contributed by atoms with Crippen LogP contribution in [-0.4, -0.2) is 44.1 Å². The summed E-state index contributed by atoms with van der Waals surface area (Å²) in [5, 5.41) is 18.3. The lowest BCUT2D eigenvalue weighted by Crippen LogP contribution is -2.44. The van der Waals surface area contributed by atoms with Gasteiger partial charge in [0.1, 0.15) is 23.6 Å². The molecule has 1 aromatic rings. The van der Waals surface area contributed by atoms with Gasteiger partial charge in [0.15, 0.2) is 11.5 Å². The number of nitriles is 1. The van der Waals surface area contributed by atoms with Crippen molar-refractivity contribution in [2.45, 2.75) is 52.7 Å². The van der Waals surface area contributed by atoms with Crippen molar-refractivity contribution in [1.82, 2.24) is 9.55 Å². The van der Waals surface area contributed by atoms with Crippen molar-refractivity contribution in [3.8, 4) is 6.07 Å². The zero-order valence-corrected chi connectivity index (χ0v) is 14.9. The Morgan fingerprint density at radius 3 is 1.88 bits per heavy atom. The van der Waals surface area contributed by atoms with Crippen molar-refractivity contribution in [2.75, 3.05) is 4.90 Å². The van der Waals surface area contributed by atoms with Gasteiger partial charge in [-0.15, -0.1) is 0 Å². The minimum atomic E-state index is -1.50. The van der Waals surface area contributed by atoms with Gasteiger partial charge in [0.05, 0.1) is 0 Å². The quantitative estimate of drug-likeness (QED) is 0.815. The smallest absolute Gasteiger partial charge is 0.425 e. The molecule has 1 aromatic heterocycles. The average Bonchev–Trinajstić information content (AvgIpc) is 2.78. The summed E-state index contributed by atoms with van der Waals surface area (Å²) in [4.78, 5) is 40.1. The molecule has 0 fully saturated rings. The second kappa shape index (κ2) is 6.80. The Labute approximate surface area is 144 Å². The average molecular weight is 352 g/mol. The summed E-state index contributed by atoms with van der Waals surface area (Å²) >= 11 is 0. The molecule has 0 saturated heterocycles. The van der Waals surface area contributed by atoms with E-state index in [0.29, 0.717) is 9.47 Å². The molecule has 10 heteroatoms. The van der Waals surface area contributed by atoms with E-state index >= 15 is 0 Å². The first kappa shape index (κ1) is 20.0. The summed E-state index contributed by atoms with van der Waals surface area (Å²) in [6.07, 6.45) is -2.98. The molecule has 10 nitrogen and oxygen atoms in total. The van der Waals surface area contributed by atoms with Crippen LogP contribution in [0.15, 0.2) is 6.33 Å². The molecule has 0 atom stereocenters. The highest BCUT2D eigenvalue weighted by molar-refractivity contribution is 6.09. The Morgan fingerprint density at radius 2 is 1.56 bits per heavy atom. The number of amides is 2. The van der Waals surface area contributed by atoms with Crippen LogP contribution in [0, 0.1) is 11.3 Å². The van der Waals surface area contributed by atoms with Gasteiger partial charge in [0.2, 0.25) is 0 Å². The SMILES string of the molecule is CC(C)(C)OC(=O)N(C(=O)OC(C)(C)C)c1ncn(C(=O)O)c1C#N. The van der Waals surface area contributed by atoms with Crippen LogP contribution in [0.1, 0.15) is 47.2 Å². The fraction of sp³-hybridized carbons (Fsp3) is 0.533. The molecule has 0 aromatic carbocycles. The lowest BCUT2D eigenvalue weighted by Gasteiger charge is -2.27. The number of hydrogen-bond acceptors (Lipinski definition) is 7. The fourth-order valence-corrected chi connectivity index (χ4v) is 1.61. The van der Waals surface area contributed by atoms with E-state index < -0.39 is 41.0 Å². The highest BCUT2D eigenvalue weighted by Crippen LogP contribution is 2.23. The van der Waals surface area contributed by atoms with Crippen molar-refractivity contribution >= 4 is 24.1 Å². The van der Waals surface area contributed by atoms with Gasteiger partial charge in [-0.2, -0.15) is 10.2 Å². The predicted molar refractivity (Wildman–Crippen MR) is 85.3 cm³/mol. The lowest BCUT2D eigenvalue weighted by atomic mass is 10.2. The molecule has 0 aliphatic heterocycles.